The van der Waals surface area contributed by atoms with Crippen LogP contribution in [0.4, 0.5) is 10.7 Å². The van der Waals surface area contributed by atoms with Gasteiger partial charge < -0.3 is 29.7 Å². The molecule has 0 saturated heterocycles. The molecule has 1 unspecified atom stereocenters. The SMILES string of the molecule is COc1cc(OC)c(Cl)c(-c2ccc3nc(NC4C[C@H](C(=O)N(C)C)C[C@@H]4NC(=O)OC(C)(C)C)ncc3c2)c1Cl. The van der Waals surface area contributed by atoms with Crippen molar-refractivity contribution in [3.05, 3.63) is 40.5 Å². The van der Waals surface area contributed by atoms with Crippen molar-refractivity contribution in [3.63, 3.8) is 0 Å². The number of hydrogen-bond donors (Lipinski definition) is 2. The largest absolute Gasteiger partial charge is 0.495 e. The van der Waals surface area contributed by atoms with Gasteiger partial charge in [-0.15, -0.1) is 0 Å². The topological polar surface area (TPSA) is 115 Å². The molecule has 10 nitrogen and oxygen atoms in total. The molecule has 2 aromatic carbocycles. The molecule has 1 aliphatic carbocycles. The van der Waals surface area contributed by atoms with E-state index in [1.165, 1.54) is 14.2 Å². The summed E-state index contributed by atoms with van der Waals surface area (Å²) in [6.45, 7) is 5.41. The van der Waals surface area contributed by atoms with Crippen molar-refractivity contribution >= 4 is 52.1 Å². The number of methoxy groups -OCH3 is 2. The fourth-order valence-electron chi connectivity index (χ4n) is 4.95. The zero-order valence-electron chi connectivity index (χ0n) is 24.2. The third-order valence-corrected chi connectivity index (χ3v) is 7.56. The lowest BCUT2D eigenvalue weighted by atomic mass is 10.0. The van der Waals surface area contributed by atoms with Gasteiger partial charge in [-0.1, -0.05) is 29.3 Å². The highest BCUT2D eigenvalue weighted by Crippen LogP contribution is 2.46. The van der Waals surface area contributed by atoms with Gasteiger partial charge in [0.1, 0.15) is 17.1 Å². The van der Waals surface area contributed by atoms with Crippen molar-refractivity contribution in [1.82, 2.24) is 20.2 Å². The van der Waals surface area contributed by atoms with E-state index in [9.17, 15) is 9.59 Å². The first-order valence-electron chi connectivity index (χ1n) is 13.2. The Hall–Kier alpha value is -3.50. The van der Waals surface area contributed by atoms with E-state index in [4.69, 9.17) is 37.4 Å². The summed E-state index contributed by atoms with van der Waals surface area (Å²) in [5.41, 5.74) is 1.36. The number of halogens is 2. The Balaban J connectivity index is 1.60. The number of nitrogens with zero attached hydrogens (tertiary/aromatic N) is 3. The van der Waals surface area contributed by atoms with Crippen LogP contribution in [-0.2, 0) is 9.53 Å². The first-order chi connectivity index (χ1) is 19.3. The van der Waals surface area contributed by atoms with Crippen molar-refractivity contribution in [2.24, 2.45) is 5.92 Å². The Bertz CT molecular complexity index is 1430. The number of fused-ring (bicyclic) bond motifs is 1. The summed E-state index contributed by atoms with van der Waals surface area (Å²) in [7, 11) is 6.50. The van der Waals surface area contributed by atoms with E-state index in [1.807, 2.05) is 18.2 Å². The normalized spacial score (nSPS) is 18.6. The Labute approximate surface area is 249 Å². The van der Waals surface area contributed by atoms with Crippen LogP contribution in [0.2, 0.25) is 10.0 Å². The van der Waals surface area contributed by atoms with Crippen LogP contribution in [-0.4, -0.2) is 72.9 Å². The minimum atomic E-state index is -0.644. The molecule has 1 fully saturated rings. The summed E-state index contributed by atoms with van der Waals surface area (Å²) in [5.74, 6) is 0.999. The van der Waals surface area contributed by atoms with Crippen LogP contribution in [0.3, 0.4) is 0 Å². The molecular weight excluding hydrogens is 569 g/mol. The summed E-state index contributed by atoms with van der Waals surface area (Å²) in [5, 5.41) is 7.75. The van der Waals surface area contributed by atoms with Crippen LogP contribution in [0, 0.1) is 5.92 Å². The van der Waals surface area contributed by atoms with Crippen molar-refractivity contribution < 1.29 is 23.8 Å². The minimum Gasteiger partial charge on any atom is -0.495 e. The maximum absolute atomic E-state index is 12.7. The zero-order chi connectivity index (χ0) is 30.1. The highest BCUT2D eigenvalue weighted by Gasteiger charge is 2.40. The molecule has 3 atom stereocenters. The van der Waals surface area contributed by atoms with Crippen molar-refractivity contribution in [2.45, 2.75) is 51.3 Å². The predicted molar refractivity (Wildman–Crippen MR) is 160 cm³/mol. The average Bonchev–Trinajstić information content (AvgIpc) is 3.28. The Morgan fingerprint density at radius 2 is 1.63 bits per heavy atom. The predicted octanol–water partition coefficient (Wildman–Crippen LogP) is 5.79. The van der Waals surface area contributed by atoms with Crippen molar-refractivity contribution in [3.8, 4) is 22.6 Å². The lowest BCUT2D eigenvalue weighted by Gasteiger charge is -2.25. The maximum Gasteiger partial charge on any atom is 0.407 e. The van der Waals surface area contributed by atoms with E-state index in [0.717, 1.165) is 10.9 Å². The van der Waals surface area contributed by atoms with E-state index in [2.05, 4.69) is 20.6 Å². The van der Waals surface area contributed by atoms with E-state index in [0.29, 0.717) is 51.4 Å². The molecule has 2 amide bonds. The maximum atomic E-state index is 12.7. The van der Waals surface area contributed by atoms with E-state index in [1.54, 1.807) is 52.0 Å². The molecule has 3 aromatic rings. The molecule has 0 aliphatic heterocycles. The van der Waals surface area contributed by atoms with Crippen LogP contribution in [0.1, 0.15) is 33.6 Å². The van der Waals surface area contributed by atoms with E-state index >= 15 is 0 Å². The summed E-state index contributed by atoms with van der Waals surface area (Å²) < 4.78 is 16.3. The number of carbonyl (C=O) groups excluding carboxylic acids is 2. The van der Waals surface area contributed by atoms with E-state index in [-0.39, 0.29) is 23.9 Å². The molecule has 0 spiro atoms. The van der Waals surface area contributed by atoms with Crippen LogP contribution >= 0.6 is 23.2 Å². The number of rotatable bonds is 7. The number of aromatic nitrogens is 2. The molecule has 1 heterocycles. The molecule has 4 rings (SSSR count). The summed E-state index contributed by atoms with van der Waals surface area (Å²) in [6.07, 6.45) is 2.13. The third kappa shape index (κ3) is 6.87. The van der Waals surface area contributed by atoms with Gasteiger partial charge in [0.25, 0.3) is 0 Å². The number of carbonyl (C=O) groups is 2. The molecule has 41 heavy (non-hydrogen) atoms. The van der Waals surface area contributed by atoms with Gasteiger partial charge in [-0.2, -0.15) is 0 Å². The first kappa shape index (κ1) is 30.5. The number of hydrogen-bond acceptors (Lipinski definition) is 8. The van der Waals surface area contributed by atoms with E-state index < -0.39 is 11.7 Å². The number of anilines is 1. The summed E-state index contributed by atoms with van der Waals surface area (Å²) >= 11 is 13.2. The molecule has 1 aliphatic rings. The standard InChI is InChI=1S/C29H35Cl2N5O5/c1-29(2,3)41-28(38)35-20-12-16(26(37)36(4)5)11-19(20)34-27-32-14-17-10-15(8-9-18(17)33-27)23-24(30)21(39-6)13-22(40-7)25(23)31/h8-10,13-14,16,19-20H,11-12H2,1-7H3,(H,35,38)(H,32,33,34)/t16-,19?,20-/m0/s1. The third-order valence-electron chi connectivity index (χ3n) is 6.81. The Morgan fingerprint density at radius 1 is 1.00 bits per heavy atom. The lowest BCUT2D eigenvalue weighted by molar-refractivity contribution is -0.132. The van der Waals surface area contributed by atoms with Crippen LogP contribution in [0.5, 0.6) is 11.5 Å². The van der Waals surface area contributed by atoms with Crippen LogP contribution in [0.25, 0.3) is 22.0 Å². The Morgan fingerprint density at radius 3 is 2.22 bits per heavy atom. The molecule has 1 aromatic heterocycles. The number of nitrogens with one attached hydrogen (secondary N) is 2. The monoisotopic (exact) mass is 603 g/mol. The number of ether oxygens (including phenoxy) is 3. The average molecular weight is 605 g/mol. The van der Waals surface area contributed by atoms with Gasteiger partial charge in [0, 0.05) is 43.2 Å². The second-order valence-corrected chi connectivity index (χ2v) is 11.9. The van der Waals surface area contributed by atoms with Gasteiger partial charge >= 0.3 is 6.09 Å². The molecule has 0 bridgehead atoms. The molecule has 1 saturated carbocycles. The quantitative estimate of drug-likeness (QED) is 0.348. The number of amides is 2. The van der Waals surface area contributed by atoms with Crippen molar-refractivity contribution in [1.29, 1.82) is 0 Å². The van der Waals surface area contributed by atoms with Gasteiger partial charge in [0.2, 0.25) is 11.9 Å². The second-order valence-electron chi connectivity index (χ2n) is 11.2. The highest BCUT2D eigenvalue weighted by atomic mass is 35.5. The minimum absolute atomic E-state index is 0.00347. The smallest absolute Gasteiger partial charge is 0.407 e. The van der Waals surface area contributed by atoms with Crippen molar-refractivity contribution in [2.75, 3.05) is 33.6 Å². The fourth-order valence-corrected chi connectivity index (χ4v) is 5.66. The van der Waals surface area contributed by atoms with Gasteiger partial charge in [-0.3, -0.25) is 4.79 Å². The number of alkyl carbamates (subject to hydrolysis) is 1. The van der Waals surface area contributed by atoms with Crippen LogP contribution in [0.15, 0.2) is 30.5 Å². The highest BCUT2D eigenvalue weighted by molar-refractivity contribution is 6.41. The van der Waals surface area contributed by atoms with Crippen LogP contribution < -0.4 is 20.1 Å². The molecule has 2 N–H and O–H groups in total. The first-order valence-corrected chi connectivity index (χ1v) is 13.9. The summed E-state index contributed by atoms with van der Waals surface area (Å²) in [4.78, 5) is 36.1. The molecule has 220 valence electrons. The Kier molecular flexibility index (Phi) is 9.03. The van der Waals surface area contributed by atoms with Gasteiger partial charge in [0.05, 0.1) is 41.9 Å². The lowest BCUT2D eigenvalue weighted by Crippen LogP contribution is -2.45. The summed E-state index contributed by atoms with van der Waals surface area (Å²) in [6, 6.07) is 6.60. The fraction of sp³-hybridized carbons (Fsp3) is 0.448. The van der Waals surface area contributed by atoms with Gasteiger partial charge in [0.15, 0.2) is 0 Å². The second kappa shape index (κ2) is 12.2. The van der Waals surface area contributed by atoms with Gasteiger partial charge in [-0.05, 0) is 51.3 Å². The zero-order valence-corrected chi connectivity index (χ0v) is 25.7. The van der Waals surface area contributed by atoms with Gasteiger partial charge in [-0.25, -0.2) is 14.8 Å². The molecule has 0 radical (unpaired) electrons. The molecular formula is C29H35Cl2N5O5. The molecule has 12 heteroatoms. The number of benzene rings is 2.